The molecule has 0 spiro atoms. The summed E-state index contributed by atoms with van der Waals surface area (Å²) in [7, 11) is -3.77. The SMILES string of the molecule is Cc1ccccc1NS(=O)(=O)c1ccc(F)c(N)c1. The predicted molar refractivity (Wildman–Crippen MR) is 72.8 cm³/mol. The molecule has 0 unspecified atom stereocenters. The van der Waals surface area contributed by atoms with Crippen molar-refractivity contribution >= 4 is 21.4 Å². The van der Waals surface area contributed by atoms with Crippen molar-refractivity contribution in [3.8, 4) is 0 Å². The third kappa shape index (κ3) is 2.85. The fourth-order valence-corrected chi connectivity index (χ4v) is 2.75. The minimum Gasteiger partial charge on any atom is -0.396 e. The number of sulfonamides is 1. The fraction of sp³-hybridized carbons (Fsp3) is 0.0769. The van der Waals surface area contributed by atoms with E-state index >= 15 is 0 Å². The van der Waals surface area contributed by atoms with Gasteiger partial charge >= 0.3 is 0 Å². The molecular weight excluding hydrogens is 267 g/mol. The Morgan fingerprint density at radius 2 is 1.84 bits per heavy atom. The topological polar surface area (TPSA) is 72.2 Å². The van der Waals surface area contributed by atoms with Gasteiger partial charge in [-0.25, -0.2) is 12.8 Å². The lowest BCUT2D eigenvalue weighted by Crippen LogP contribution is -2.14. The second kappa shape index (κ2) is 4.89. The molecule has 0 atom stereocenters. The van der Waals surface area contributed by atoms with Gasteiger partial charge in [0.05, 0.1) is 16.3 Å². The first kappa shape index (κ1) is 13.4. The molecule has 2 aromatic carbocycles. The van der Waals surface area contributed by atoms with Crippen LogP contribution < -0.4 is 10.5 Å². The molecule has 0 bridgehead atoms. The van der Waals surface area contributed by atoms with Gasteiger partial charge in [-0.2, -0.15) is 0 Å². The quantitative estimate of drug-likeness (QED) is 0.848. The Labute approximate surface area is 111 Å². The van der Waals surface area contributed by atoms with Crippen LogP contribution in [0, 0.1) is 12.7 Å². The Kier molecular flexibility index (Phi) is 3.44. The van der Waals surface area contributed by atoms with Crippen molar-refractivity contribution in [2.24, 2.45) is 0 Å². The molecule has 0 saturated carbocycles. The van der Waals surface area contributed by atoms with Crippen LogP contribution in [-0.4, -0.2) is 8.42 Å². The highest BCUT2D eigenvalue weighted by molar-refractivity contribution is 7.92. The Balaban J connectivity index is 2.38. The molecule has 2 rings (SSSR count). The van der Waals surface area contributed by atoms with Crippen molar-refractivity contribution in [2.75, 3.05) is 10.5 Å². The molecule has 0 radical (unpaired) electrons. The Morgan fingerprint density at radius 1 is 1.16 bits per heavy atom. The van der Waals surface area contributed by atoms with Crippen LogP contribution in [0.1, 0.15) is 5.56 Å². The maximum Gasteiger partial charge on any atom is 0.261 e. The predicted octanol–water partition coefficient (Wildman–Crippen LogP) is 2.52. The number of benzene rings is 2. The first-order chi connectivity index (χ1) is 8.90. The van der Waals surface area contributed by atoms with Gasteiger partial charge in [-0.1, -0.05) is 18.2 Å². The molecule has 0 saturated heterocycles. The molecule has 6 heteroatoms. The van der Waals surface area contributed by atoms with Crippen molar-refractivity contribution in [3.05, 3.63) is 53.8 Å². The van der Waals surface area contributed by atoms with E-state index in [4.69, 9.17) is 5.73 Å². The van der Waals surface area contributed by atoms with E-state index in [9.17, 15) is 12.8 Å². The maximum absolute atomic E-state index is 13.0. The molecule has 0 heterocycles. The molecule has 3 N–H and O–H groups in total. The van der Waals surface area contributed by atoms with E-state index in [1.165, 1.54) is 6.07 Å². The Morgan fingerprint density at radius 3 is 2.47 bits per heavy atom. The summed E-state index contributed by atoms with van der Waals surface area (Å²) in [6.07, 6.45) is 0. The number of halogens is 1. The van der Waals surface area contributed by atoms with E-state index in [0.717, 1.165) is 17.7 Å². The van der Waals surface area contributed by atoms with Crippen LogP contribution in [0.2, 0.25) is 0 Å². The monoisotopic (exact) mass is 280 g/mol. The van der Waals surface area contributed by atoms with Crippen LogP contribution >= 0.6 is 0 Å². The van der Waals surface area contributed by atoms with Gasteiger partial charge in [0.15, 0.2) is 0 Å². The zero-order valence-electron chi connectivity index (χ0n) is 10.2. The van der Waals surface area contributed by atoms with E-state index < -0.39 is 15.8 Å². The highest BCUT2D eigenvalue weighted by Crippen LogP contribution is 2.21. The summed E-state index contributed by atoms with van der Waals surface area (Å²) in [6.45, 7) is 1.79. The molecule has 2 aromatic rings. The number of rotatable bonds is 3. The van der Waals surface area contributed by atoms with Gasteiger partial charge in [0.2, 0.25) is 0 Å². The molecule has 0 aliphatic rings. The summed E-state index contributed by atoms with van der Waals surface area (Å²) >= 11 is 0. The van der Waals surface area contributed by atoms with Crippen molar-refractivity contribution in [2.45, 2.75) is 11.8 Å². The van der Waals surface area contributed by atoms with E-state index in [1.807, 2.05) is 6.07 Å². The minimum absolute atomic E-state index is 0.0744. The first-order valence-electron chi connectivity index (χ1n) is 5.53. The van der Waals surface area contributed by atoms with Gasteiger partial charge in [0.1, 0.15) is 5.82 Å². The number of nitrogens with one attached hydrogen (secondary N) is 1. The summed E-state index contributed by atoms with van der Waals surface area (Å²) in [4.78, 5) is -0.0744. The third-order valence-electron chi connectivity index (χ3n) is 2.67. The van der Waals surface area contributed by atoms with Gasteiger partial charge in [-0.3, -0.25) is 4.72 Å². The molecule has 0 aromatic heterocycles. The number of hydrogen-bond donors (Lipinski definition) is 2. The van der Waals surface area contributed by atoms with Crippen LogP contribution in [0.4, 0.5) is 15.8 Å². The number of nitrogens with two attached hydrogens (primary N) is 1. The third-order valence-corrected chi connectivity index (χ3v) is 4.03. The maximum atomic E-state index is 13.0. The highest BCUT2D eigenvalue weighted by atomic mass is 32.2. The highest BCUT2D eigenvalue weighted by Gasteiger charge is 2.16. The van der Waals surface area contributed by atoms with Gasteiger partial charge < -0.3 is 5.73 Å². The van der Waals surface area contributed by atoms with Crippen LogP contribution in [0.25, 0.3) is 0 Å². The van der Waals surface area contributed by atoms with Crippen molar-refractivity contribution < 1.29 is 12.8 Å². The molecule has 19 heavy (non-hydrogen) atoms. The lowest BCUT2D eigenvalue weighted by atomic mass is 10.2. The molecule has 100 valence electrons. The largest absolute Gasteiger partial charge is 0.396 e. The van der Waals surface area contributed by atoms with Crippen LogP contribution in [0.15, 0.2) is 47.4 Å². The average molecular weight is 280 g/mol. The molecule has 0 fully saturated rings. The molecular formula is C13H13FN2O2S. The minimum atomic E-state index is -3.77. The summed E-state index contributed by atoms with van der Waals surface area (Å²) in [5.74, 6) is -0.644. The summed E-state index contributed by atoms with van der Waals surface area (Å²) in [5, 5.41) is 0. The van der Waals surface area contributed by atoms with Crippen LogP contribution in [0.3, 0.4) is 0 Å². The van der Waals surface area contributed by atoms with Gasteiger partial charge in [0, 0.05) is 0 Å². The smallest absolute Gasteiger partial charge is 0.261 e. The average Bonchev–Trinajstić information content (AvgIpc) is 2.35. The summed E-state index contributed by atoms with van der Waals surface area (Å²) in [5.41, 5.74) is 6.44. The summed E-state index contributed by atoms with van der Waals surface area (Å²) in [6, 6.07) is 10.3. The molecule has 4 nitrogen and oxygen atoms in total. The second-order valence-corrected chi connectivity index (χ2v) is 5.79. The van der Waals surface area contributed by atoms with E-state index in [-0.39, 0.29) is 10.6 Å². The zero-order valence-corrected chi connectivity index (χ0v) is 11.0. The lowest BCUT2D eigenvalue weighted by Gasteiger charge is -2.10. The standard InChI is InChI=1S/C13H13FN2O2S/c1-9-4-2-3-5-13(9)16-19(17,18)10-6-7-11(14)12(15)8-10/h2-8,16H,15H2,1H3. The number of hydrogen-bond acceptors (Lipinski definition) is 3. The van der Waals surface area contributed by atoms with Gasteiger partial charge in [-0.15, -0.1) is 0 Å². The van der Waals surface area contributed by atoms with E-state index in [2.05, 4.69) is 4.72 Å². The zero-order chi connectivity index (χ0) is 14.0. The fourth-order valence-electron chi connectivity index (χ4n) is 1.58. The van der Waals surface area contributed by atoms with Gasteiger partial charge in [0.25, 0.3) is 10.0 Å². The van der Waals surface area contributed by atoms with Crippen molar-refractivity contribution in [1.29, 1.82) is 0 Å². The van der Waals surface area contributed by atoms with E-state index in [1.54, 1.807) is 25.1 Å². The molecule has 0 aliphatic carbocycles. The summed E-state index contributed by atoms with van der Waals surface area (Å²) < 4.78 is 39.7. The van der Waals surface area contributed by atoms with Crippen LogP contribution in [-0.2, 0) is 10.0 Å². The Bertz CT molecular complexity index is 714. The molecule has 0 aliphatic heterocycles. The number of aryl methyl sites for hydroxylation is 1. The number of anilines is 2. The molecule has 0 amide bonds. The number of nitrogen functional groups attached to an aromatic ring is 1. The van der Waals surface area contributed by atoms with Crippen molar-refractivity contribution in [1.82, 2.24) is 0 Å². The second-order valence-electron chi connectivity index (χ2n) is 4.10. The lowest BCUT2D eigenvalue weighted by molar-refractivity contribution is 0.600. The van der Waals surface area contributed by atoms with Crippen molar-refractivity contribution in [3.63, 3.8) is 0 Å². The first-order valence-corrected chi connectivity index (χ1v) is 7.02. The van der Waals surface area contributed by atoms with Crippen LogP contribution in [0.5, 0.6) is 0 Å². The Hall–Kier alpha value is -2.08. The number of para-hydroxylation sites is 1. The van der Waals surface area contributed by atoms with E-state index in [0.29, 0.717) is 5.69 Å². The van der Waals surface area contributed by atoms with Gasteiger partial charge in [-0.05, 0) is 36.8 Å². The normalized spacial score (nSPS) is 11.3.